The first-order valence-electron chi connectivity index (χ1n) is 7.85. The van der Waals surface area contributed by atoms with Crippen molar-refractivity contribution in [3.05, 3.63) is 65.2 Å². The summed E-state index contributed by atoms with van der Waals surface area (Å²) >= 11 is 0. The number of hydrogen-bond acceptors (Lipinski definition) is 6. The number of aromatic amines is 1. The zero-order valence-corrected chi connectivity index (χ0v) is 13.5. The molecule has 0 aliphatic carbocycles. The highest BCUT2D eigenvalue weighted by Crippen LogP contribution is 2.11. The Hall–Kier alpha value is -3.82. The summed E-state index contributed by atoms with van der Waals surface area (Å²) in [6.45, 7) is 0.493. The van der Waals surface area contributed by atoms with Crippen molar-refractivity contribution in [2.24, 2.45) is 0 Å². The molecule has 10 heteroatoms. The molecule has 0 aliphatic rings. The molecule has 3 heterocycles. The zero-order chi connectivity index (χ0) is 17.9. The molecule has 0 radical (unpaired) electrons. The largest absolute Gasteiger partial charge is 0.350 e. The first kappa shape index (κ1) is 15.7. The maximum Gasteiger partial charge on any atom is 0.266 e. The van der Waals surface area contributed by atoms with Gasteiger partial charge in [0.05, 0.1) is 23.9 Å². The number of hydrogen-bond donors (Lipinski definition) is 2. The molecule has 26 heavy (non-hydrogen) atoms. The number of nitrogens with zero attached hydrogens (tertiary/aromatic N) is 6. The average Bonchev–Trinajstić information content (AvgIpc) is 3.34. The lowest BCUT2D eigenvalue weighted by atomic mass is 10.2. The summed E-state index contributed by atoms with van der Waals surface area (Å²) in [5.41, 5.74) is 1.83. The number of aromatic nitrogens is 7. The molecular formula is C16H14N8O2. The summed E-state index contributed by atoms with van der Waals surface area (Å²) in [6.07, 6.45) is 4.45. The third-order valence-electron chi connectivity index (χ3n) is 3.80. The summed E-state index contributed by atoms with van der Waals surface area (Å²) in [5, 5.41) is 11.0. The number of nitrogens with one attached hydrogen (secondary N) is 2. The lowest BCUT2D eigenvalue weighted by molar-refractivity contribution is 0.0952. The minimum Gasteiger partial charge on any atom is -0.350 e. The summed E-state index contributed by atoms with van der Waals surface area (Å²) in [7, 11) is 0. The van der Waals surface area contributed by atoms with Crippen LogP contribution >= 0.6 is 0 Å². The maximum absolute atomic E-state index is 12.3. The van der Waals surface area contributed by atoms with Crippen LogP contribution in [0.5, 0.6) is 0 Å². The molecule has 0 spiro atoms. The third kappa shape index (κ3) is 3.07. The van der Waals surface area contributed by atoms with E-state index in [1.807, 2.05) is 0 Å². The molecule has 0 atom stereocenters. The van der Waals surface area contributed by atoms with Crippen LogP contribution in [0.4, 0.5) is 0 Å². The molecule has 1 amide bonds. The van der Waals surface area contributed by atoms with E-state index in [1.165, 1.54) is 28.1 Å². The molecule has 0 bridgehead atoms. The molecule has 4 rings (SSSR count). The van der Waals surface area contributed by atoms with Crippen molar-refractivity contribution in [3.8, 4) is 5.82 Å². The van der Waals surface area contributed by atoms with Crippen LogP contribution in [0.3, 0.4) is 0 Å². The molecular weight excluding hydrogens is 336 g/mol. The second-order valence-corrected chi connectivity index (χ2v) is 5.48. The van der Waals surface area contributed by atoms with Gasteiger partial charge in [-0.15, -0.1) is 5.10 Å². The van der Waals surface area contributed by atoms with E-state index in [0.717, 1.165) is 11.0 Å². The van der Waals surface area contributed by atoms with Crippen LogP contribution in [0.25, 0.3) is 16.9 Å². The van der Waals surface area contributed by atoms with Crippen LogP contribution in [0, 0.1) is 0 Å². The van der Waals surface area contributed by atoms with Crippen molar-refractivity contribution in [2.75, 3.05) is 6.54 Å². The Balaban J connectivity index is 1.43. The molecule has 4 aromatic rings. The van der Waals surface area contributed by atoms with Crippen molar-refractivity contribution in [1.82, 2.24) is 39.8 Å². The monoisotopic (exact) mass is 350 g/mol. The zero-order valence-electron chi connectivity index (χ0n) is 13.5. The second kappa shape index (κ2) is 6.59. The molecule has 130 valence electrons. The standard InChI is InChI=1S/C16H14N8O2/c25-15-4-3-14(24-10-17-8-21-24)22-23(15)6-5-18-16(26)11-1-2-12-13(7-11)20-9-19-12/h1-4,7-10H,5-6H2,(H,18,26)(H,19,20). The maximum atomic E-state index is 12.3. The summed E-state index contributed by atoms with van der Waals surface area (Å²) < 4.78 is 2.73. The number of imidazole rings is 1. The summed E-state index contributed by atoms with van der Waals surface area (Å²) in [5.74, 6) is 0.236. The van der Waals surface area contributed by atoms with Crippen molar-refractivity contribution in [1.29, 1.82) is 0 Å². The van der Waals surface area contributed by atoms with E-state index in [2.05, 4.69) is 30.5 Å². The predicted octanol–water partition coefficient (Wildman–Crippen LogP) is 0.130. The van der Waals surface area contributed by atoms with E-state index >= 15 is 0 Å². The average molecular weight is 350 g/mol. The van der Waals surface area contributed by atoms with Gasteiger partial charge < -0.3 is 10.3 Å². The van der Waals surface area contributed by atoms with Crippen LogP contribution in [0.1, 0.15) is 10.4 Å². The van der Waals surface area contributed by atoms with Crippen LogP contribution < -0.4 is 10.9 Å². The van der Waals surface area contributed by atoms with Crippen molar-refractivity contribution >= 4 is 16.9 Å². The Morgan fingerprint density at radius 1 is 1.23 bits per heavy atom. The van der Waals surface area contributed by atoms with Gasteiger partial charge in [-0.1, -0.05) is 0 Å². The molecule has 0 unspecified atom stereocenters. The molecule has 0 aliphatic heterocycles. The van der Waals surface area contributed by atoms with E-state index in [4.69, 9.17) is 0 Å². The van der Waals surface area contributed by atoms with Gasteiger partial charge in [0.25, 0.3) is 11.5 Å². The van der Waals surface area contributed by atoms with Gasteiger partial charge in [0, 0.05) is 18.2 Å². The Kier molecular flexibility index (Phi) is 3.98. The van der Waals surface area contributed by atoms with Gasteiger partial charge in [0.15, 0.2) is 5.82 Å². The minimum absolute atomic E-state index is 0.234. The van der Waals surface area contributed by atoms with E-state index in [0.29, 0.717) is 11.4 Å². The SMILES string of the molecule is O=C(NCCn1nc(-n2cncn2)ccc1=O)c1ccc2nc[nH]c2c1. The van der Waals surface area contributed by atoms with Gasteiger partial charge in [-0.3, -0.25) is 9.59 Å². The number of carbonyl (C=O) groups excluding carboxylic acids is 1. The van der Waals surface area contributed by atoms with E-state index in [-0.39, 0.29) is 24.6 Å². The van der Waals surface area contributed by atoms with Gasteiger partial charge in [-0.2, -0.15) is 5.10 Å². The number of H-pyrrole nitrogens is 1. The summed E-state index contributed by atoms with van der Waals surface area (Å²) in [6, 6.07) is 8.17. The molecule has 0 saturated carbocycles. The Morgan fingerprint density at radius 2 is 2.15 bits per heavy atom. The van der Waals surface area contributed by atoms with Gasteiger partial charge >= 0.3 is 0 Å². The van der Waals surface area contributed by atoms with Crippen molar-refractivity contribution in [3.63, 3.8) is 0 Å². The van der Waals surface area contributed by atoms with Crippen LogP contribution in [-0.4, -0.2) is 47.0 Å². The Morgan fingerprint density at radius 3 is 3.00 bits per heavy atom. The quantitative estimate of drug-likeness (QED) is 0.527. The molecule has 0 fully saturated rings. The molecule has 0 saturated heterocycles. The Labute approximate surface area is 146 Å². The fraction of sp³-hybridized carbons (Fsp3) is 0.125. The highest BCUT2D eigenvalue weighted by molar-refractivity contribution is 5.97. The van der Waals surface area contributed by atoms with Crippen molar-refractivity contribution < 1.29 is 4.79 Å². The number of fused-ring (bicyclic) bond motifs is 1. The predicted molar refractivity (Wildman–Crippen MR) is 91.8 cm³/mol. The second-order valence-electron chi connectivity index (χ2n) is 5.48. The number of benzene rings is 1. The van der Waals surface area contributed by atoms with Crippen LogP contribution in [-0.2, 0) is 6.54 Å². The third-order valence-corrected chi connectivity index (χ3v) is 3.80. The minimum atomic E-state index is -0.262. The lowest BCUT2D eigenvalue weighted by Crippen LogP contribution is -2.32. The van der Waals surface area contributed by atoms with Crippen LogP contribution in [0.2, 0.25) is 0 Å². The number of carbonyl (C=O) groups is 1. The highest BCUT2D eigenvalue weighted by atomic mass is 16.2. The lowest BCUT2D eigenvalue weighted by Gasteiger charge is -2.08. The van der Waals surface area contributed by atoms with E-state index < -0.39 is 0 Å². The molecule has 1 aromatic carbocycles. The number of amides is 1. The normalized spacial score (nSPS) is 10.9. The highest BCUT2D eigenvalue weighted by Gasteiger charge is 2.08. The van der Waals surface area contributed by atoms with E-state index in [1.54, 1.807) is 30.6 Å². The summed E-state index contributed by atoms with van der Waals surface area (Å²) in [4.78, 5) is 35.1. The van der Waals surface area contributed by atoms with Gasteiger partial charge in [-0.05, 0) is 24.3 Å². The number of rotatable bonds is 5. The van der Waals surface area contributed by atoms with Crippen molar-refractivity contribution in [2.45, 2.75) is 6.54 Å². The molecule has 2 N–H and O–H groups in total. The van der Waals surface area contributed by atoms with Gasteiger partial charge in [0.1, 0.15) is 12.7 Å². The fourth-order valence-corrected chi connectivity index (χ4v) is 2.50. The van der Waals surface area contributed by atoms with Gasteiger partial charge in [-0.25, -0.2) is 19.3 Å². The van der Waals surface area contributed by atoms with Gasteiger partial charge in [0.2, 0.25) is 0 Å². The first-order chi connectivity index (χ1) is 12.7. The Bertz CT molecular complexity index is 1110. The fourth-order valence-electron chi connectivity index (χ4n) is 2.50. The first-order valence-corrected chi connectivity index (χ1v) is 7.85. The van der Waals surface area contributed by atoms with Crippen LogP contribution in [0.15, 0.2) is 54.1 Å². The smallest absolute Gasteiger partial charge is 0.266 e. The van der Waals surface area contributed by atoms with E-state index in [9.17, 15) is 9.59 Å². The molecule has 3 aromatic heterocycles. The molecule has 10 nitrogen and oxygen atoms in total. The topological polar surface area (TPSA) is 123 Å².